The average molecular weight is 500 g/mol. The zero-order valence-electron chi connectivity index (χ0n) is 16.3. The number of guanidine groups is 1. The molecule has 6 nitrogen and oxygen atoms in total. The fraction of sp³-hybridized carbons (Fsp3) is 0.526. The SMILES string of the molecule is CCNC(=NCc1ccc(N2CCCC2)nc1)N(C)Cc1csc(C)n1.I. The molecule has 0 bridgehead atoms. The number of thiazole rings is 1. The molecule has 0 aliphatic carbocycles. The maximum Gasteiger partial charge on any atom is 0.194 e. The van der Waals surface area contributed by atoms with Crippen molar-refractivity contribution in [3.8, 4) is 0 Å². The van der Waals surface area contributed by atoms with Crippen LogP contribution in [0.15, 0.2) is 28.7 Å². The van der Waals surface area contributed by atoms with E-state index in [1.165, 1.54) is 12.8 Å². The van der Waals surface area contributed by atoms with Crippen molar-refractivity contribution in [1.82, 2.24) is 20.2 Å². The van der Waals surface area contributed by atoms with Crippen LogP contribution in [0.4, 0.5) is 5.82 Å². The van der Waals surface area contributed by atoms with E-state index in [-0.39, 0.29) is 24.0 Å². The van der Waals surface area contributed by atoms with Crippen molar-refractivity contribution in [2.75, 3.05) is 31.6 Å². The smallest absolute Gasteiger partial charge is 0.194 e. The summed E-state index contributed by atoms with van der Waals surface area (Å²) in [6, 6.07) is 4.25. The van der Waals surface area contributed by atoms with Gasteiger partial charge in [-0.2, -0.15) is 0 Å². The van der Waals surface area contributed by atoms with Gasteiger partial charge in [0, 0.05) is 38.3 Å². The minimum atomic E-state index is 0. The van der Waals surface area contributed by atoms with Crippen molar-refractivity contribution in [1.29, 1.82) is 0 Å². The minimum Gasteiger partial charge on any atom is -0.357 e. The first kappa shape index (κ1) is 21.9. The monoisotopic (exact) mass is 500 g/mol. The molecule has 3 heterocycles. The average Bonchev–Trinajstić information content (AvgIpc) is 3.31. The second kappa shape index (κ2) is 10.8. The number of aliphatic imine (C=N–C) groups is 1. The second-order valence-corrected chi connectivity index (χ2v) is 7.67. The van der Waals surface area contributed by atoms with Gasteiger partial charge in [0.25, 0.3) is 0 Å². The number of hydrogen-bond acceptors (Lipinski definition) is 5. The van der Waals surface area contributed by atoms with Crippen LogP contribution in [0.3, 0.4) is 0 Å². The first-order valence-electron chi connectivity index (χ1n) is 9.26. The van der Waals surface area contributed by atoms with Gasteiger partial charge < -0.3 is 15.1 Å². The van der Waals surface area contributed by atoms with Crippen LogP contribution in [-0.2, 0) is 13.1 Å². The molecule has 27 heavy (non-hydrogen) atoms. The number of nitrogens with zero attached hydrogens (tertiary/aromatic N) is 5. The Morgan fingerprint density at radius 1 is 1.33 bits per heavy atom. The van der Waals surface area contributed by atoms with Crippen LogP contribution >= 0.6 is 35.3 Å². The van der Waals surface area contributed by atoms with E-state index in [4.69, 9.17) is 4.99 Å². The van der Waals surface area contributed by atoms with Crippen LogP contribution in [0, 0.1) is 6.92 Å². The lowest BCUT2D eigenvalue weighted by molar-refractivity contribution is 0.471. The molecule has 2 aromatic heterocycles. The molecular formula is C19H29IN6S. The number of pyridine rings is 1. The molecule has 1 aliphatic heterocycles. The van der Waals surface area contributed by atoms with E-state index in [0.717, 1.165) is 54.2 Å². The standard InChI is InChI=1S/C19H28N6S.HI/c1-4-20-19(24(3)13-17-14-26-15(2)23-17)22-12-16-7-8-18(21-11-16)25-9-5-6-10-25;/h7-8,11,14H,4-6,9-10,12-13H2,1-3H3,(H,20,22);1H. The maximum atomic E-state index is 4.77. The number of nitrogens with one attached hydrogen (secondary N) is 1. The fourth-order valence-electron chi connectivity index (χ4n) is 3.08. The minimum absolute atomic E-state index is 0. The van der Waals surface area contributed by atoms with Gasteiger partial charge in [0.05, 0.1) is 23.8 Å². The summed E-state index contributed by atoms with van der Waals surface area (Å²) in [5, 5.41) is 6.56. The summed E-state index contributed by atoms with van der Waals surface area (Å²) in [4.78, 5) is 18.4. The lowest BCUT2D eigenvalue weighted by atomic mass is 10.3. The summed E-state index contributed by atoms with van der Waals surface area (Å²) in [5.41, 5.74) is 2.21. The highest BCUT2D eigenvalue weighted by molar-refractivity contribution is 14.0. The van der Waals surface area contributed by atoms with E-state index >= 15 is 0 Å². The van der Waals surface area contributed by atoms with E-state index in [9.17, 15) is 0 Å². The maximum absolute atomic E-state index is 4.77. The Hall–Kier alpha value is -1.42. The van der Waals surface area contributed by atoms with Crippen molar-refractivity contribution in [3.63, 3.8) is 0 Å². The van der Waals surface area contributed by atoms with Crippen molar-refractivity contribution < 1.29 is 0 Å². The zero-order valence-corrected chi connectivity index (χ0v) is 19.5. The van der Waals surface area contributed by atoms with Crippen LogP contribution < -0.4 is 10.2 Å². The summed E-state index contributed by atoms with van der Waals surface area (Å²) >= 11 is 1.68. The van der Waals surface area contributed by atoms with E-state index in [0.29, 0.717) is 6.54 Å². The highest BCUT2D eigenvalue weighted by atomic mass is 127. The summed E-state index contributed by atoms with van der Waals surface area (Å²) in [7, 11) is 2.05. The van der Waals surface area contributed by atoms with E-state index in [1.54, 1.807) is 11.3 Å². The van der Waals surface area contributed by atoms with Crippen molar-refractivity contribution in [3.05, 3.63) is 40.0 Å². The Morgan fingerprint density at radius 2 is 2.11 bits per heavy atom. The van der Waals surface area contributed by atoms with Crippen LogP contribution in [0.1, 0.15) is 36.0 Å². The van der Waals surface area contributed by atoms with Gasteiger partial charge in [-0.1, -0.05) is 6.07 Å². The second-order valence-electron chi connectivity index (χ2n) is 6.60. The topological polar surface area (TPSA) is 56.7 Å². The van der Waals surface area contributed by atoms with Gasteiger partial charge in [0.15, 0.2) is 5.96 Å². The molecule has 1 aliphatic rings. The van der Waals surface area contributed by atoms with Gasteiger partial charge in [0.2, 0.25) is 0 Å². The van der Waals surface area contributed by atoms with Crippen molar-refractivity contribution >= 4 is 47.1 Å². The molecule has 1 fully saturated rings. The molecule has 0 unspecified atom stereocenters. The molecule has 0 spiro atoms. The third-order valence-corrected chi connectivity index (χ3v) is 5.24. The molecule has 1 saturated heterocycles. The predicted octanol–water partition coefficient (Wildman–Crippen LogP) is 3.66. The summed E-state index contributed by atoms with van der Waals surface area (Å²) in [6.07, 6.45) is 4.49. The Morgan fingerprint density at radius 3 is 2.70 bits per heavy atom. The van der Waals surface area contributed by atoms with E-state index in [1.807, 2.05) is 20.2 Å². The van der Waals surface area contributed by atoms with Crippen LogP contribution in [0.2, 0.25) is 0 Å². The van der Waals surface area contributed by atoms with Gasteiger partial charge >= 0.3 is 0 Å². The normalized spacial score (nSPS) is 14.2. The summed E-state index contributed by atoms with van der Waals surface area (Å²) in [6.45, 7) is 8.57. The molecule has 148 valence electrons. The summed E-state index contributed by atoms with van der Waals surface area (Å²) in [5.74, 6) is 1.97. The molecule has 8 heteroatoms. The predicted molar refractivity (Wildman–Crippen MR) is 124 cm³/mol. The Balaban J connectivity index is 0.00000261. The molecule has 2 aromatic rings. The van der Waals surface area contributed by atoms with Crippen LogP contribution in [-0.4, -0.2) is 47.5 Å². The molecule has 1 N–H and O–H groups in total. The number of aromatic nitrogens is 2. The Kier molecular flexibility index (Phi) is 8.75. The largest absolute Gasteiger partial charge is 0.357 e. The third kappa shape index (κ3) is 6.31. The highest BCUT2D eigenvalue weighted by Crippen LogP contribution is 2.18. The van der Waals surface area contributed by atoms with Gasteiger partial charge in [-0.25, -0.2) is 15.0 Å². The third-order valence-electron chi connectivity index (χ3n) is 4.41. The lowest BCUT2D eigenvalue weighted by Gasteiger charge is -2.21. The molecule has 3 rings (SSSR count). The van der Waals surface area contributed by atoms with Crippen LogP contribution in [0.25, 0.3) is 0 Å². The fourth-order valence-corrected chi connectivity index (χ4v) is 3.68. The number of halogens is 1. The Labute approximate surface area is 183 Å². The molecule has 0 saturated carbocycles. The zero-order chi connectivity index (χ0) is 18.4. The molecule has 0 amide bonds. The van der Waals surface area contributed by atoms with Crippen molar-refractivity contribution in [2.45, 2.75) is 39.8 Å². The number of anilines is 1. The van der Waals surface area contributed by atoms with Gasteiger partial charge in [-0.3, -0.25) is 0 Å². The number of rotatable bonds is 6. The first-order chi connectivity index (χ1) is 12.7. The van der Waals surface area contributed by atoms with Gasteiger partial charge in [-0.15, -0.1) is 35.3 Å². The summed E-state index contributed by atoms with van der Waals surface area (Å²) < 4.78 is 0. The number of aryl methyl sites for hydroxylation is 1. The molecular weight excluding hydrogens is 471 g/mol. The molecule has 0 atom stereocenters. The molecule has 0 aromatic carbocycles. The van der Waals surface area contributed by atoms with E-state index in [2.05, 4.69) is 49.5 Å². The molecule has 0 radical (unpaired) electrons. The van der Waals surface area contributed by atoms with Crippen molar-refractivity contribution in [2.24, 2.45) is 4.99 Å². The van der Waals surface area contributed by atoms with E-state index < -0.39 is 0 Å². The van der Waals surface area contributed by atoms with Crippen LogP contribution in [0.5, 0.6) is 0 Å². The lowest BCUT2D eigenvalue weighted by Crippen LogP contribution is -2.38. The number of hydrogen-bond donors (Lipinski definition) is 1. The Bertz CT molecular complexity index is 724. The first-order valence-corrected chi connectivity index (χ1v) is 10.1. The van der Waals surface area contributed by atoms with Gasteiger partial charge in [0.1, 0.15) is 5.82 Å². The van der Waals surface area contributed by atoms with Gasteiger partial charge in [-0.05, 0) is 38.3 Å². The quantitative estimate of drug-likeness (QED) is 0.373. The highest BCUT2D eigenvalue weighted by Gasteiger charge is 2.13.